The van der Waals surface area contributed by atoms with E-state index < -0.39 is 0 Å². The first-order chi connectivity index (χ1) is 10.3. The van der Waals surface area contributed by atoms with Crippen molar-refractivity contribution in [2.24, 2.45) is 5.10 Å². The summed E-state index contributed by atoms with van der Waals surface area (Å²) in [5.41, 5.74) is 9.16. The minimum Gasteiger partial charge on any atom is -0.317 e. The Bertz CT molecular complexity index is 739. The number of hydrogen-bond donors (Lipinski definition) is 1. The zero-order valence-electron chi connectivity index (χ0n) is 13.5. The van der Waals surface area contributed by atoms with Gasteiger partial charge < -0.3 is 4.57 Å². The minimum atomic E-state index is -0.185. The van der Waals surface area contributed by atoms with Crippen LogP contribution < -0.4 is 5.43 Å². The fourth-order valence-electron chi connectivity index (χ4n) is 2.63. The standard InChI is InChI=1S/C17H20BrN3O/c1-10-6-11(2)8-15(7-10)21-12(3)16(17(18)13(21)4)9-19-20-14(5)22/h6-9H,1-5H3,(H,20,22)/b19-9-. The third-order valence-electron chi connectivity index (χ3n) is 3.50. The molecule has 0 spiro atoms. The maximum Gasteiger partial charge on any atom is 0.236 e. The lowest BCUT2D eigenvalue weighted by atomic mass is 10.1. The number of amides is 1. The Morgan fingerprint density at radius 1 is 1.14 bits per heavy atom. The van der Waals surface area contributed by atoms with E-state index in [4.69, 9.17) is 0 Å². The van der Waals surface area contributed by atoms with Crippen LogP contribution in [0.3, 0.4) is 0 Å². The molecular weight excluding hydrogens is 342 g/mol. The molecule has 0 radical (unpaired) electrons. The van der Waals surface area contributed by atoms with Gasteiger partial charge in [-0.2, -0.15) is 5.10 Å². The molecule has 1 aromatic heterocycles. The maximum absolute atomic E-state index is 10.9. The molecule has 1 heterocycles. The first kappa shape index (κ1) is 16.5. The second kappa shape index (κ2) is 6.48. The first-order valence-corrected chi connectivity index (χ1v) is 7.86. The molecule has 0 aliphatic rings. The maximum atomic E-state index is 10.9. The van der Waals surface area contributed by atoms with Crippen molar-refractivity contribution in [3.8, 4) is 5.69 Å². The van der Waals surface area contributed by atoms with E-state index in [0.29, 0.717) is 0 Å². The molecule has 116 valence electrons. The number of halogens is 1. The van der Waals surface area contributed by atoms with Crippen molar-refractivity contribution in [2.75, 3.05) is 0 Å². The van der Waals surface area contributed by atoms with E-state index >= 15 is 0 Å². The smallest absolute Gasteiger partial charge is 0.236 e. The molecule has 5 heteroatoms. The van der Waals surface area contributed by atoms with Gasteiger partial charge in [0.1, 0.15) is 0 Å². The molecule has 0 aliphatic heterocycles. The molecule has 1 N–H and O–H groups in total. The van der Waals surface area contributed by atoms with E-state index in [1.165, 1.54) is 18.1 Å². The predicted octanol–water partition coefficient (Wildman–Crippen LogP) is 3.94. The number of carbonyl (C=O) groups is 1. The highest BCUT2D eigenvalue weighted by Crippen LogP contribution is 2.30. The van der Waals surface area contributed by atoms with Gasteiger partial charge in [-0.3, -0.25) is 4.79 Å². The number of aromatic nitrogens is 1. The SMILES string of the molecule is CC(=O)N/N=C\c1c(Br)c(C)n(-c2cc(C)cc(C)c2)c1C. The summed E-state index contributed by atoms with van der Waals surface area (Å²) in [5, 5.41) is 3.98. The largest absolute Gasteiger partial charge is 0.317 e. The quantitative estimate of drug-likeness (QED) is 0.652. The fourth-order valence-corrected chi connectivity index (χ4v) is 3.20. The van der Waals surface area contributed by atoms with Crippen LogP contribution in [0.5, 0.6) is 0 Å². The topological polar surface area (TPSA) is 46.4 Å². The molecule has 0 aliphatic carbocycles. The Labute approximate surface area is 139 Å². The van der Waals surface area contributed by atoms with Gasteiger partial charge in [0.05, 0.1) is 6.21 Å². The van der Waals surface area contributed by atoms with Gasteiger partial charge in [0, 0.05) is 34.0 Å². The van der Waals surface area contributed by atoms with Crippen molar-refractivity contribution in [1.82, 2.24) is 9.99 Å². The average Bonchev–Trinajstić information content (AvgIpc) is 2.61. The number of hydrogen-bond acceptors (Lipinski definition) is 2. The molecule has 2 rings (SSSR count). The summed E-state index contributed by atoms with van der Waals surface area (Å²) in [6, 6.07) is 6.48. The number of aryl methyl sites for hydroxylation is 2. The molecule has 0 atom stereocenters. The lowest BCUT2D eigenvalue weighted by molar-refractivity contribution is -0.118. The minimum absolute atomic E-state index is 0.185. The van der Waals surface area contributed by atoms with Crippen LogP contribution >= 0.6 is 15.9 Å². The molecule has 22 heavy (non-hydrogen) atoms. The summed E-state index contributed by atoms with van der Waals surface area (Å²) in [7, 11) is 0. The number of nitrogens with one attached hydrogen (secondary N) is 1. The fraction of sp³-hybridized carbons (Fsp3) is 0.294. The molecule has 0 unspecified atom stereocenters. The van der Waals surface area contributed by atoms with Gasteiger partial charge in [0.15, 0.2) is 0 Å². The van der Waals surface area contributed by atoms with Crippen LogP contribution in [0.2, 0.25) is 0 Å². The van der Waals surface area contributed by atoms with Crippen molar-refractivity contribution in [1.29, 1.82) is 0 Å². The Morgan fingerprint density at radius 3 is 2.27 bits per heavy atom. The van der Waals surface area contributed by atoms with Crippen molar-refractivity contribution in [3.05, 3.63) is 50.8 Å². The highest BCUT2D eigenvalue weighted by Gasteiger charge is 2.16. The molecule has 1 aromatic carbocycles. The van der Waals surface area contributed by atoms with E-state index in [1.54, 1.807) is 6.21 Å². The van der Waals surface area contributed by atoms with Gasteiger partial charge in [-0.25, -0.2) is 5.43 Å². The Hall–Kier alpha value is -1.88. The Kier molecular flexibility index (Phi) is 4.86. The summed E-state index contributed by atoms with van der Waals surface area (Å²) in [6.45, 7) is 9.73. The number of nitrogens with zero attached hydrogens (tertiary/aromatic N) is 2. The zero-order valence-corrected chi connectivity index (χ0v) is 15.1. The summed E-state index contributed by atoms with van der Waals surface area (Å²) < 4.78 is 3.18. The van der Waals surface area contributed by atoms with Crippen molar-refractivity contribution in [2.45, 2.75) is 34.6 Å². The Balaban J connectivity index is 2.54. The lowest BCUT2D eigenvalue weighted by Crippen LogP contribution is -2.12. The molecule has 0 fully saturated rings. The number of hydrazone groups is 1. The van der Waals surface area contributed by atoms with Crippen LogP contribution in [0.25, 0.3) is 5.69 Å². The summed E-state index contributed by atoms with van der Waals surface area (Å²) in [5.74, 6) is -0.185. The highest BCUT2D eigenvalue weighted by molar-refractivity contribution is 9.10. The van der Waals surface area contributed by atoms with Crippen LogP contribution in [-0.2, 0) is 4.79 Å². The third kappa shape index (κ3) is 3.30. The summed E-state index contributed by atoms with van der Waals surface area (Å²) >= 11 is 3.63. The number of rotatable bonds is 3. The van der Waals surface area contributed by atoms with Crippen molar-refractivity contribution in [3.63, 3.8) is 0 Å². The average molecular weight is 362 g/mol. The van der Waals surface area contributed by atoms with E-state index in [1.807, 2.05) is 6.92 Å². The molecule has 2 aromatic rings. The monoisotopic (exact) mass is 361 g/mol. The molecule has 0 saturated carbocycles. The van der Waals surface area contributed by atoms with Gasteiger partial charge in [-0.15, -0.1) is 0 Å². The van der Waals surface area contributed by atoms with E-state index in [2.05, 4.69) is 70.0 Å². The zero-order chi connectivity index (χ0) is 16.4. The predicted molar refractivity (Wildman–Crippen MR) is 93.8 cm³/mol. The molecule has 0 saturated heterocycles. The van der Waals surface area contributed by atoms with Crippen molar-refractivity contribution >= 4 is 28.1 Å². The van der Waals surface area contributed by atoms with Crippen molar-refractivity contribution < 1.29 is 4.79 Å². The van der Waals surface area contributed by atoms with Gasteiger partial charge in [0.25, 0.3) is 0 Å². The highest BCUT2D eigenvalue weighted by atomic mass is 79.9. The lowest BCUT2D eigenvalue weighted by Gasteiger charge is -2.11. The second-order valence-corrected chi connectivity index (χ2v) is 6.30. The van der Waals surface area contributed by atoms with Gasteiger partial charge in [-0.05, 0) is 66.9 Å². The van der Waals surface area contributed by atoms with Crippen LogP contribution in [0.1, 0.15) is 35.0 Å². The second-order valence-electron chi connectivity index (χ2n) is 5.51. The van der Waals surface area contributed by atoms with E-state index in [-0.39, 0.29) is 5.91 Å². The Morgan fingerprint density at radius 2 is 1.73 bits per heavy atom. The normalized spacial score (nSPS) is 11.2. The van der Waals surface area contributed by atoms with Gasteiger partial charge in [-0.1, -0.05) is 6.07 Å². The summed E-state index contributed by atoms with van der Waals surface area (Å²) in [6.07, 6.45) is 1.67. The van der Waals surface area contributed by atoms with E-state index in [9.17, 15) is 4.79 Å². The molecule has 4 nitrogen and oxygen atoms in total. The third-order valence-corrected chi connectivity index (χ3v) is 4.50. The molecule has 1 amide bonds. The van der Waals surface area contributed by atoms with E-state index in [0.717, 1.165) is 27.1 Å². The van der Waals surface area contributed by atoms with Gasteiger partial charge in [0.2, 0.25) is 5.91 Å². The van der Waals surface area contributed by atoms with Crippen LogP contribution in [0.4, 0.5) is 0 Å². The van der Waals surface area contributed by atoms with Crippen LogP contribution in [0, 0.1) is 27.7 Å². The number of carbonyl (C=O) groups excluding carboxylic acids is 1. The molecule has 0 bridgehead atoms. The van der Waals surface area contributed by atoms with Crippen LogP contribution in [0.15, 0.2) is 27.8 Å². The first-order valence-electron chi connectivity index (χ1n) is 7.07. The van der Waals surface area contributed by atoms with Crippen LogP contribution in [-0.4, -0.2) is 16.7 Å². The summed E-state index contributed by atoms with van der Waals surface area (Å²) in [4.78, 5) is 10.9. The molecular formula is C17H20BrN3O. The number of benzene rings is 1. The van der Waals surface area contributed by atoms with Gasteiger partial charge >= 0.3 is 0 Å².